The number of hydrogen-bond donors (Lipinski definition) is 2. The molecule has 1 aromatic carbocycles. The van der Waals surface area contributed by atoms with Crippen molar-refractivity contribution in [2.24, 2.45) is 5.92 Å². The predicted molar refractivity (Wildman–Crippen MR) is 108 cm³/mol. The van der Waals surface area contributed by atoms with Crippen molar-refractivity contribution >= 4 is 34.6 Å². The van der Waals surface area contributed by atoms with Crippen molar-refractivity contribution in [2.75, 3.05) is 5.32 Å². The highest BCUT2D eigenvalue weighted by Crippen LogP contribution is 2.48. The quantitative estimate of drug-likeness (QED) is 0.451. The normalized spacial score (nSPS) is 18.0. The van der Waals surface area contributed by atoms with Crippen molar-refractivity contribution < 1.29 is 9.18 Å². The van der Waals surface area contributed by atoms with Crippen LogP contribution in [0.5, 0.6) is 0 Å². The molecule has 1 saturated carbocycles. The molecule has 2 aromatic heterocycles. The molecule has 6 nitrogen and oxygen atoms in total. The van der Waals surface area contributed by atoms with Crippen LogP contribution in [0, 0.1) is 16.5 Å². The van der Waals surface area contributed by atoms with Gasteiger partial charge < -0.3 is 5.32 Å². The van der Waals surface area contributed by atoms with Crippen LogP contribution < -0.4 is 5.32 Å². The van der Waals surface area contributed by atoms with Crippen LogP contribution in [0.15, 0.2) is 42.3 Å². The Morgan fingerprint density at radius 2 is 2.32 bits per heavy atom. The number of carbonyl (C=O) groups excluding carboxylic acids is 1. The first kappa shape index (κ1) is 18.7. The number of halogens is 1. The number of anilines is 1. The largest absolute Gasteiger partial charge is 0.302 e. The van der Waals surface area contributed by atoms with Gasteiger partial charge in [0, 0.05) is 17.8 Å². The number of carbonyl (C=O) groups is 1. The minimum absolute atomic E-state index is 0.0620. The van der Waals surface area contributed by atoms with Gasteiger partial charge in [0.1, 0.15) is 11.6 Å². The molecule has 3 aromatic rings. The van der Waals surface area contributed by atoms with Gasteiger partial charge in [-0.3, -0.25) is 14.5 Å². The summed E-state index contributed by atoms with van der Waals surface area (Å²) < 4.78 is 16.3. The molecule has 1 fully saturated rings. The first-order valence-electron chi connectivity index (χ1n) is 8.81. The van der Waals surface area contributed by atoms with Crippen LogP contribution in [-0.2, 0) is 17.8 Å². The van der Waals surface area contributed by atoms with Crippen LogP contribution in [0.4, 0.5) is 9.52 Å². The van der Waals surface area contributed by atoms with Gasteiger partial charge in [0.25, 0.3) is 0 Å². The molecule has 1 aliphatic rings. The van der Waals surface area contributed by atoms with Crippen molar-refractivity contribution in [3.8, 4) is 0 Å². The van der Waals surface area contributed by atoms with Gasteiger partial charge in [-0.2, -0.15) is 5.10 Å². The van der Waals surface area contributed by atoms with Crippen LogP contribution in [0.2, 0.25) is 0 Å². The van der Waals surface area contributed by atoms with E-state index < -0.39 is 0 Å². The summed E-state index contributed by atoms with van der Waals surface area (Å²) in [5.74, 6) is 0.104. The number of aromatic amines is 1. The lowest BCUT2D eigenvalue weighted by atomic mass is 10.1. The van der Waals surface area contributed by atoms with E-state index in [0.717, 1.165) is 11.5 Å². The molecule has 0 radical (unpaired) electrons. The van der Waals surface area contributed by atoms with E-state index in [1.165, 1.54) is 17.4 Å². The summed E-state index contributed by atoms with van der Waals surface area (Å²) >= 11 is 6.57. The Labute approximate surface area is 170 Å². The molecule has 144 valence electrons. The second kappa shape index (κ2) is 7.76. The average Bonchev–Trinajstić information content (AvgIpc) is 3.25. The lowest BCUT2D eigenvalue weighted by Crippen LogP contribution is -2.14. The first-order chi connectivity index (χ1) is 13.6. The monoisotopic (exact) mass is 415 g/mol. The van der Waals surface area contributed by atoms with Crippen molar-refractivity contribution in [1.29, 1.82) is 0 Å². The van der Waals surface area contributed by atoms with Gasteiger partial charge in [-0.15, -0.1) is 17.9 Å². The fraction of sp³-hybridized carbons (Fsp3) is 0.263. The second-order valence-electron chi connectivity index (χ2n) is 6.62. The standard InChI is InChI=1S/C19H18FN5OS2/c1-2-7-25-16(23-24-19(25)27)8-11-10-28-18(21-11)22-17(26)14-9-13(14)12-5-3-4-6-15(12)20/h2-6,10,13-14H,1,7-9H2,(H,24,27)(H,21,22,26)/t13-,14-/m1/s1. The number of nitrogens with zero attached hydrogens (tertiary/aromatic N) is 3. The Kier molecular flexibility index (Phi) is 5.19. The Morgan fingerprint density at radius 1 is 1.50 bits per heavy atom. The topological polar surface area (TPSA) is 75.6 Å². The van der Waals surface area contributed by atoms with Crippen molar-refractivity contribution in [3.63, 3.8) is 0 Å². The maximum Gasteiger partial charge on any atom is 0.229 e. The predicted octanol–water partition coefficient (Wildman–Crippen LogP) is 4.06. The summed E-state index contributed by atoms with van der Waals surface area (Å²) in [5, 5.41) is 12.3. The first-order valence-corrected chi connectivity index (χ1v) is 10.1. The molecule has 0 spiro atoms. The molecule has 1 aliphatic carbocycles. The number of H-pyrrole nitrogens is 1. The molecule has 9 heteroatoms. The second-order valence-corrected chi connectivity index (χ2v) is 7.87. The maximum atomic E-state index is 13.9. The Balaban J connectivity index is 1.39. The van der Waals surface area contributed by atoms with E-state index in [9.17, 15) is 9.18 Å². The SMILES string of the molecule is C=CCn1c(Cc2csc(NC(=O)[C@@H]3C[C@@H]3c3ccccc3F)n2)n[nH]c1=S. The summed E-state index contributed by atoms with van der Waals surface area (Å²) in [5.41, 5.74) is 1.40. The van der Waals surface area contributed by atoms with Gasteiger partial charge in [-0.1, -0.05) is 24.3 Å². The van der Waals surface area contributed by atoms with E-state index in [-0.39, 0.29) is 23.6 Å². The molecule has 1 amide bonds. The third-order valence-corrected chi connectivity index (χ3v) is 5.82. The van der Waals surface area contributed by atoms with Gasteiger partial charge in [0.2, 0.25) is 5.91 Å². The van der Waals surface area contributed by atoms with Crippen LogP contribution in [0.3, 0.4) is 0 Å². The number of allylic oxidation sites excluding steroid dienone is 1. The summed E-state index contributed by atoms with van der Waals surface area (Å²) in [7, 11) is 0. The lowest BCUT2D eigenvalue weighted by molar-refractivity contribution is -0.117. The fourth-order valence-corrected chi connectivity index (χ4v) is 4.15. The molecular formula is C19H18FN5OS2. The molecule has 2 N–H and O–H groups in total. The molecule has 0 aliphatic heterocycles. The van der Waals surface area contributed by atoms with Crippen LogP contribution >= 0.6 is 23.6 Å². The molecule has 4 rings (SSSR count). The van der Waals surface area contributed by atoms with E-state index in [1.807, 2.05) is 9.95 Å². The highest BCUT2D eigenvalue weighted by molar-refractivity contribution is 7.71. The number of aromatic nitrogens is 4. The molecule has 0 bridgehead atoms. The zero-order valence-corrected chi connectivity index (χ0v) is 16.5. The van der Waals surface area contributed by atoms with Gasteiger partial charge in [-0.25, -0.2) is 9.37 Å². The molecule has 0 saturated heterocycles. The van der Waals surface area contributed by atoms with Gasteiger partial charge in [-0.05, 0) is 36.2 Å². The fourth-order valence-electron chi connectivity index (χ4n) is 3.21. The van der Waals surface area contributed by atoms with Gasteiger partial charge in [0.15, 0.2) is 9.90 Å². The Hall–Kier alpha value is -2.65. The summed E-state index contributed by atoms with van der Waals surface area (Å²) in [4.78, 5) is 16.9. The third kappa shape index (κ3) is 3.81. The average molecular weight is 416 g/mol. The van der Waals surface area contributed by atoms with E-state index in [4.69, 9.17) is 12.2 Å². The third-order valence-electron chi connectivity index (χ3n) is 4.70. The minimum atomic E-state index is -0.257. The Bertz CT molecular complexity index is 1090. The molecule has 2 atom stereocenters. The number of benzene rings is 1. The smallest absolute Gasteiger partial charge is 0.229 e. The Morgan fingerprint density at radius 3 is 3.11 bits per heavy atom. The number of amides is 1. The number of thiazole rings is 1. The van der Waals surface area contributed by atoms with Gasteiger partial charge in [0.05, 0.1) is 12.1 Å². The van der Waals surface area contributed by atoms with E-state index in [1.54, 1.807) is 24.3 Å². The number of nitrogens with one attached hydrogen (secondary N) is 2. The van der Waals surface area contributed by atoms with Crippen molar-refractivity contribution in [1.82, 2.24) is 19.7 Å². The molecule has 0 unspecified atom stereocenters. The number of rotatable bonds is 7. The zero-order valence-electron chi connectivity index (χ0n) is 14.9. The summed E-state index contributed by atoms with van der Waals surface area (Å²) in [6.07, 6.45) is 2.90. The molecule has 2 heterocycles. The number of hydrogen-bond acceptors (Lipinski definition) is 5. The van der Waals surface area contributed by atoms with Gasteiger partial charge >= 0.3 is 0 Å². The highest BCUT2D eigenvalue weighted by Gasteiger charge is 2.45. The van der Waals surface area contributed by atoms with Crippen LogP contribution in [0.1, 0.15) is 29.4 Å². The molecular weight excluding hydrogens is 397 g/mol. The highest BCUT2D eigenvalue weighted by atomic mass is 32.1. The zero-order chi connectivity index (χ0) is 19.7. The molecule has 28 heavy (non-hydrogen) atoms. The summed E-state index contributed by atoms with van der Waals surface area (Å²) in [6.45, 7) is 4.29. The van der Waals surface area contributed by atoms with Crippen molar-refractivity contribution in [2.45, 2.75) is 25.3 Å². The summed E-state index contributed by atoms with van der Waals surface area (Å²) in [6, 6.07) is 6.61. The lowest BCUT2D eigenvalue weighted by Gasteiger charge is -2.03. The van der Waals surface area contributed by atoms with E-state index in [2.05, 4.69) is 27.1 Å². The van der Waals surface area contributed by atoms with Crippen LogP contribution in [0.25, 0.3) is 0 Å². The van der Waals surface area contributed by atoms with Crippen molar-refractivity contribution in [3.05, 3.63) is 70.0 Å². The van der Waals surface area contributed by atoms with Crippen LogP contribution in [-0.4, -0.2) is 25.7 Å². The van der Waals surface area contributed by atoms with E-state index in [0.29, 0.717) is 34.9 Å². The maximum absolute atomic E-state index is 13.9. The van der Waals surface area contributed by atoms with E-state index >= 15 is 0 Å². The minimum Gasteiger partial charge on any atom is -0.302 e.